The van der Waals surface area contributed by atoms with Crippen LogP contribution in [0.3, 0.4) is 0 Å². The molecule has 0 nitrogen and oxygen atoms in total. The molecule has 0 amide bonds. The van der Waals surface area contributed by atoms with Crippen LogP contribution >= 0.6 is 0 Å². The summed E-state index contributed by atoms with van der Waals surface area (Å²) >= 11 is 0. The monoisotopic (exact) mass is 242 g/mol. The normalized spacial score (nSPS) is 11.4. The minimum Gasteiger partial charge on any atom is -0.0683 e. The molecule has 0 fully saturated rings. The van der Waals surface area contributed by atoms with Crippen molar-refractivity contribution in [2.45, 2.75) is 54.4 Å². The molecule has 0 atom stereocenters. The lowest BCUT2D eigenvalue weighted by atomic mass is 9.97. The van der Waals surface area contributed by atoms with Gasteiger partial charge < -0.3 is 0 Å². The molecular weight excluding hydrogens is 216 g/mol. The molecule has 2 aromatic rings. The summed E-state index contributed by atoms with van der Waals surface area (Å²) in [5, 5.41) is 3.04. The van der Waals surface area contributed by atoms with Crippen molar-refractivity contribution in [3.05, 3.63) is 46.5 Å². The van der Waals surface area contributed by atoms with Crippen molar-refractivity contribution in [2.24, 2.45) is 0 Å². The van der Waals surface area contributed by atoms with Crippen molar-refractivity contribution in [2.75, 3.05) is 0 Å². The van der Waals surface area contributed by atoms with Gasteiger partial charge >= 0.3 is 0 Å². The molecule has 1 aliphatic carbocycles. The second-order valence-electron chi connectivity index (χ2n) is 4.33. The van der Waals surface area contributed by atoms with Gasteiger partial charge in [0.25, 0.3) is 0 Å². The van der Waals surface area contributed by atoms with Gasteiger partial charge in [0.2, 0.25) is 0 Å². The van der Waals surface area contributed by atoms with E-state index in [9.17, 15) is 0 Å². The summed E-state index contributed by atoms with van der Waals surface area (Å²) < 4.78 is 0. The molecule has 0 unspecified atom stereocenters. The van der Waals surface area contributed by atoms with Gasteiger partial charge in [-0.25, -0.2) is 0 Å². The first-order valence-corrected chi connectivity index (χ1v) is 7.28. The Morgan fingerprint density at radius 3 is 1.39 bits per heavy atom. The molecule has 0 bridgehead atoms. The van der Waals surface area contributed by atoms with E-state index in [-0.39, 0.29) is 0 Å². The number of rotatable bonds is 0. The minimum atomic E-state index is 1.23. The third-order valence-corrected chi connectivity index (χ3v) is 3.41. The van der Waals surface area contributed by atoms with E-state index >= 15 is 0 Å². The van der Waals surface area contributed by atoms with Crippen LogP contribution in [-0.4, -0.2) is 0 Å². The van der Waals surface area contributed by atoms with Crippen LogP contribution in [0.25, 0.3) is 10.8 Å². The smallest absolute Gasteiger partial charge is 0.0114 e. The largest absolute Gasteiger partial charge is 0.0683 e. The molecule has 0 aliphatic heterocycles. The van der Waals surface area contributed by atoms with Gasteiger partial charge in [0, 0.05) is 0 Å². The van der Waals surface area contributed by atoms with Gasteiger partial charge in [0.05, 0.1) is 0 Å². The fourth-order valence-electron chi connectivity index (χ4n) is 2.70. The molecule has 0 spiro atoms. The van der Waals surface area contributed by atoms with E-state index in [0.717, 1.165) is 0 Å². The first-order chi connectivity index (χ1) is 8.77. The van der Waals surface area contributed by atoms with Crippen LogP contribution in [0.1, 0.15) is 49.9 Å². The Bertz CT molecular complexity index is 476. The van der Waals surface area contributed by atoms with Crippen molar-refractivity contribution < 1.29 is 0 Å². The average molecular weight is 242 g/mol. The van der Waals surface area contributed by atoms with Crippen LogP contribution in [0.2, 0.25) is 0 Å². The van der Waals surface area contributed by atoms with Crippen molar-refractivity contribution in [3.8, 4) is 0 Å². The van der Waals surface area contributed by atoms with Gasteiger partial charge in [-0.1, -0.05) is 52.0 Å². The first kappa shape index (κ1) is 14.8. The lowest BCUT2D eigenvalue weighted by Crippen LogP contribution is -1.86. The Balaban J connectivity index is 0.000000371. The van der Waals surface area contributed by atoms with Crippen LogP contribution in [0, 0.1) is 13.8 Å². The highest BCUT2D eigenvalue weighted by Crippen LogP contribution is 2.34. The summed E-state index contributed by atoms with van der Waals surface area (Å²) in [6, 6.07) is 9.13. The maximum atomic E-state index is 2.30. The van der Waals surface area contributed by atoms with E-state index < -0.39 is 0 Å². The summed E-state index contributed by atoms with van der Waals surface area (Å²) in [5.74, 6) is 0. The maximum Gasteiger partial charge on any atom is -0.0114 e. The Hall–Kier alpha value is -1.30. The van der Waals surface area contributed by atoms with Crippen molar-refractivity contribution in [1.82, 2.24) is 0 Å². The second kappa shape index (κ2) is 6.58. The zero-order chi connectivity index (χ0) is 13.7. The summed E-state index contributed by atoms with van der Waals surface area (Å²) in [7, 11) is 0. The molecule has 0 heterocycles. The van der Waals surface area contributed by atoms with E-state index in [2.05, 4.69) is 38.1 Å². The average Bonchev–Trinajstić information content (AvgIpc) is 2.84. The minimum absolute atomic E-state index is 1.23. The molecule has 0 heteroatoms. The van der Waals surface area contributed by atoms with E-state index in [0.29, 0.717) is 0 Å². The molecule has 18 heavy (non-hydrogen) atoms. The van der Waals surface area contributed by atoms with Crippen LogP contribution in [-0.2, 0) is 12.8 Å². The van der Waals surface area contributed by atoms with Gasteiger partial charge in [-0.3, -0.25) is 0 Å². The fourth-order valence-corrected chi connectivity index (χ4v) is 2.70. The Morgan fingerprint density at radius 2 is 1.00 bits per heavy atom. The predicted molar refractivity (Wildman–Crippen MR) is 83.5 cm³/mol. The molecular formula is C18H26. The zero-order valence-corrected chi connectivity index (χ0v) is 12.7. The van der Waals surface area contributed by atoms with Crippen LogP contribution in [0.15, 0.2) is 24.3 Å². The lowest BCUT2D eigenvalue weighted by molar-refractivity contribution is 1.02. The van der Waals surface area contributed by atoms with E-state index in [1.54, 1.807) is 16.5 Å². The molecule has 0 aromatic heterocycles. The molecule has 0 radical (unpaired) electrons. The summed E-state index contributed by atoms with van der Waals surface area (Å²) in [6.07, 6.45) is 2.46. The molecule has 98 valence electrons. The predicted octanol–water partition coefficient (Wildman–Crippen LogP) is 5.61. The highest BCUT2D eigenvalue weighted by atomic mass is 14.2. The number of aryl methyl sites for hydroxylation is 4. The van der Waals surface area contributed by atoms with Gasteiger partial charge in [-0.2, -0.15) is 0 Å². The molecule has 1 aliphatic rings. The topological polar surface area (TPSA) is 0 Å². The zero-order valence-electron chi connectivity index (χ0n) is 12.7. The van der Waals surface area contributed by atoms with Gasteiger partial charge in [-0.15, -0.1) is 0 Å². The Labute approximate surface area is 112 Å². The maximum absolute atomic E-state index is 2.30. The second-order valence-corrected chi connectivity index (χ2v) is 4.33. The number of benzene rings is 2. The molecule has 3 rings (SSSR count). The van der Waals surface area contributed by atoms with Crippen molar-refractivity contribution in [1.29, 1.82) is 0 Å². The van der Waals surface area contributed by atoms with Crippen LogP contribution in [0.5, 0.6) is 0 Å². The fraction of sp³-hybridized carbons (Fsp3) is 0.444. The third kappa shape index (κ3) is 2.43. The first-order valence-electron chi connectivity index (χ1n) is 7.28. The Morgan fingerprint density at radius 1 is 0.611 bits per heavy atom. The van der Waals surface area contributed by atoms with Gasteiger partial charge in [-0.05, 0) is 59.7 Å². The van der Waals surface area contributed by atoms with Crippen molar-refractivity contribution in [3.63, 3.8) is 0 Å². The van der Waals surface area contributed by atoms with E-state index in [1.807, 2.05) is 27.7 Å². The van der Waals surface area contributed by atoms with Crippen molar-refractivity contribution >= 4 is 10.8 Å². The SMILES string of the molecule is CC.CC.Cc1ccc2c3c(ccc(C)c13)CC2. The highest BCUT2D eigenvalue weighted by Gasteiger charge is 2.15. The Kier molecular flexibility index (Phi) is 5.40. The van der Waals surface area contributed by atoms with Gasteiger partial charge in [0.15, 0.2) is 0 Å². The summed E-state index contributed by atoms with van der Waals surface area (Å²) in [4.78, 5) is 0. The molecule has 0 N–H and O–H groups in total. The summed E-state index contributed by atoms with van der Waals surface area (Å²) in [5.41, 5.74) is 5.93. The third-order valence-electron chi connectivity index (χ3n) is 3.41. The number of hydrogen-bond donors (Lipinski definition) is 0. The molecule has 2 aromatic carbocycles. The van der Waals surface area contributed by atoms with E-state index in [4.69, 9.17) is 0 Å². The molecule has 0 saturated carbocycles. The lowest BCUT2D eigenvalue weighted by Gasteiger charge is -2.08. The van der Waals surface area contributed by atoms with E-state index in [1.165, 1.54) is 29.4 Å². The van der Waals surface area contributed by atoms with Gasteiger partial charge in [0.1, 0.15) is 0 Å². The van der Waals surface area contributed by atoms with Crippen LogP contribution < -0.4 is 0 Å². The summed E-state index contributed by atoms with van der Waals surface area (Å²) in [6.45, 7) is 12.4. The standard InChI is InChI=1S/C14H14.2C2H6/c1-9-3-5-11-7-8-12-6-4-10(2)13(9)14(11)12;2*1-2/h3-6H,7-8H2,1-2H3;2*1-2H3. The number of hydrogen-bond acceptors (Lipinski definition) is 0. The highest BCUT2D eigenvalue weighted by molar-refractivity contribution is 5.95. The van der Waals surface area contributed by atoms with Crippen LogP contribution in [0.4, 0.5) is 0 Å². The quantitative estimate of drug-likeness (QED) is 0.563. The molecule has 0 saturated heterocycles.